The number of aliphatic hydroxyl groups excluding tert-OH is 1. The van der Waals surface area contributed by atoms with Crippen molar-refractivity contribution in [2.45, 2.75) is 13.0 Å². The molecule has 0 radical (unpaired) electrons. The van der Waals surface area contributed by atoms with E-state index in [2.05, 4.69) is 12.1 Å². The summed E-state index contributed by atoms with van der Waals surface area (Å²) in [6.07, 6.45) is 1.10. The molecule has 0 spiro atoms. The number of rotatable bonds is 6. The van der Waals surface area contributed by atoms with Crippen molar-refractivity contribution in [3.8, 4) is 0 Å². The van der Waals surface area contributed by atoms with Crippen molar-refractivity contribution in [2.24, 2.45) is 0 Å². The van der Waals surface area contributed by atoms with Gasteiger partial charge in [0.1, 0.15) is 0 Å². The fourth-order valence-corrected chi connectivity index (χ4v) is 3.68. The second-order valence-electron chi connectivity index (χ2n) is 4.20. The van der Waals surface area contributed by atoms with Crippen molar-refractivity contribution >= 4 is 19.4 Å². The van der Waals surface area contributed by atoms with E-state index < -0.39 is 6.10 Å². The van der Waals surface area contributed by atoms with E-state index in [9.17, 15) is 5.11 Å². The number of benzene rings is 2. The van der Waals surface area contributed by atoms with Crippen LogP contribution in [0.25, 0.3) is 0 Å². The van der Waals surface area contributed by atoms with Gasteiger partial charge in [0.25, 0.3) is 0 Å². The van der Waals surface area contributed by atoms with Crippen LogP contribution in [-0.2, 0) is 4.74 Å². The molecule has 0 amide bonds. The van der Waals surface area contributed by atoms with E-state index in [1.165, 1.54) is 4.46 Å². The van der Waals surface area contributed by atoms with Crippen molar-refractivity contribution in [2.75, 3.05) is 6.61 Å². The van der Waals surface area contributed by atoms with Crippen LogP contribution in [0.15, 0.2) is 71.4 Å². The van der Waals surface area contributed by atoms with Gasteiger partial charge in [-0.15, -0.1) is 0 Å². The van der Waals surface area contributed by atoms with E-state index in [4.69, 9.17) is 4.74 Å². The molecule has 0 aliphatic rings. The summed E-state index contributed by atoms with van der Waals surface area (Å²) in [5.41, 5.74) is 0.899. The molecule has 1 atom stereocenters. The zero-order chi connectivity index (χ0) is 14.2. The summed E-state index contributed by atoms with van der Waals surface area (Å²) in [6.45, 7) is 2.55. The predicted molar refractivity (Wildman–Crippen MR) is 82.9 cm³/mol. The van der Waals surface area contributed by atoms with Gasteiger partial charge in [-0.25, -0.2) is 0 Å². The van der Waals surface area contributed by atoms with Gasteiger partial charge in [0.15, 0.2) is 0 Å². The molecule has 2 aromatic rings. The molecule has 0 aromatic heterocycles. The first-order chi connectivity index (χ1) is 9.81. The van der Waals surface area contributed by atoms with Gasteiger partial charge in [0, 0.05) is 0 Å². The van der Waals surface area contributed by atoms with Crippen LogP contribution in [0.2, 0.25) is 0 Å². The van der Waals surface area contributed by atoms with Crippen LogP contribution < -0.4 is 4.46 Å². The van der Waals surface area contributed by atoms with E-state index in [0.29, 0.717) is 6.61 Å². The van der Waals surface area contributed by atoms with Crippen LogP contribution in [-0.4, -0.2) is 26.7 Å². The zero-order valence-corrected chi connectivity index (χ0v) is 13.1. The van der Waals surface area contributed by atoms with E-state index in [1.807, 2.05) is 55.5 Å². The van der Waals surface area contributed by atoms with Gasteiger partial charge in [-0.2, -0.15) is 0 Å². The summed E-state index contributed by atoms with van der Waals surface area (Å²) < 4.78 is 7.55. The molecule has 0 saturated heterocycles. The Bertz CT molecular complexity index is 537. The van der Waals surface area contributed by atoms with Crippen LogP contribution >= 0.6 is 0 Å². The SMILES string of the molecule is CCO/C=C(/[Se]c1ccccc1)C(O)c1ccccc1. The third kappa shape index (κ3) is 4.24. The molecular formula is C17H18O2Se. The molecule has 0 aliphatic heterocycles. The summed E-state index contributed by atoms with van der Waals surface area (Å²) in [5, 5.41) is 10.5. The third-order valence-electron chi connectivity index (χ3n) is 2.73. The van der Waals surface area contributed by atoms with Gasteiger partial charge in [-0.3, -0.25) is 0 Å². The van der Waals surface area contributed by atoms with Gasteiger partial charge in [-0.05, 0) is 0 Å². The normalized spacial score (nSPS) is 13.0. The summed E-state index contributed by atoms with van der Waals surface area (Å²) in [5.74, 6) is 0. The fourth-order valence-electron chi connectivity index (χ4n) is 1.73. The molecule has 3 heteroatoms. The Kier molecular flexibility index (Phi) is 5.87. The molecule has 2 nitrogen and oxygen atoms in total. The molecule has 0 bridgehead atoms. The first kappa shape index (κ1) is 14.9. The molecule has 0 aliphatic carbocycles. The number of hydrogen-bond donors (Lipinski definition) is 1. The van der Waals surface area contributed by atoms with Crippen LogP contribution in [0, 0.1) is 0 Å². The summed E-state index contributed by atoms with van der Waals surface area (Å²) in [4.78, 5) is 0. The number of hydrogen-bond acceptors (Lipinski definition) is 2. The van der Waals surface area contributed by atoms with Crippen LogP contribution in [0.1, 0.15) is 18.6 Å². The first-order valence-electron chi connectivity index (χ1n) is 6.59. The molecule has 2 aromatic carbocycles. The van der Waals surface area contributed by atoms with Crippen molar-refractivity contribution in [3.05, 3.63) is 77.0 Å². The van der Waals surface area contributed by atoms with E-state index in [0.717, 1.165) is 10.0 Å². The van der Waals surface area contributed by atoms with Gasteiger partial charge < -0.3 is 0 Å². The average Bonchev–Trinajstić information content (AvgIpc) is 2.52. The molecular weight excluding hydrogens is 315 g/mol. The Hall–Kier alpha value is -1.54. The maximum atomic E-state index is 10.5. The van der Waals surface area contributed by atoms with Crippen molar-refractivity contribution in [1.82, 2.24) is 0 Å². The van der Waals surface area contributed by atoms with Gasteiger partial charge >= 0.3 is 126 Å². The molecule has 0 saturated carbocycles. The van der Waals surface area contributed by atoms with E-state index in [-0.39, 0.29) is 15.0 Å². The fraction of sp³-hybridized carbons (Fsp3) is 0.176. The van der Waals surface area contributed by atoms with Crippen molar-refractivity contribution < 1.29 is 9.84 Å². The quantitative estimate of drug-likeness (QED) is 0.650. The predicted octanol–water partition coefficient (Wildman–Crippen LogP) is 2.63. The summed E-state index contributed by atoms with van der Waals surface area (Å²) in [6, 6.07) is 19.9. The Morgan fingerprint density at radius 3 is 2.30 bits per heavy atom. The maximum absolute atomic E-state index is 10.5. The van der Waals surface area contributed by atoms with Crippen LogP contribution in [0.5, 0.6) is 0 Å². The number of aliphatic hydroxyl groups is 1. The molecule has 1 unspecified atom stereocenters. The molecule has 20 heavy (non-hydrogen) atoms. The minimum atomic E-state index is -0.608. The Balaban J connectivity index is 2.20. The standard InChI is InChI=1S/C17H18O2Se/c1-2-19-13-16(20-15-11-7-4-8-12-15)17(18)14-9-5-3-6-10-14/h3-13,17-18H,2H2,1H3/b16-13+. The molecule has 0 fully saturated rings. The topological polar surface area (TPSA) is 29.5 Å². The monoisotopic (exact) mass is 334 g/mol. The van der Waals surface area contributed by atoms with E-state index >= 15 is 0 Å². The average molecular weight is 333 g/mol. The van der Waals surface area contributed by atoms with Gasteiger partial charge in [-0.1, -0.05) is 0 Å². The molecule has 104 valence electrons. The second kappa shape index (κ2) is 7.91. The van der Waals surface area contributed by atoms with Gasteiger partial charge in [0.05, 0.1) is 0 Å². The van der Waals surface area contributed by atoms with Crippen LogP contribution in [0.4, 0.5) is 0 Å². The molecule has 0 heterocycles. The first-order valence-corrected chi connectivity index (χ1v) is 8.30. The Labute approximate surface area is 126 Å². The molecule has 1 N–H and O–H groups in total. The third-order valence-corrected chi connectivity index (χ3v) is 4.96. The minimum absolute atomic E-state index is 0.0473. The van der Waals surface area contributed by atoms with Crippen molar-refractivity contribution in [3.63, 3.8) is 0 Å². The second-order valence-corrected chi connectivity index (χ2v) is 6.61. The summed E-state index contributed by atoms with van der Waals surface area (Å²) >= 11 is 0.0473. The van der Waals surface area contributed by atoms with Crippen LogP contribution in [0.3, 0.4) is 0 Å². The van der Waals surface area contributed by atoms with E-state index in [1.54, 1.807) is 6.26 Å². The Morgan fingerprint density at radius 2 is 1.70 bits per heavy atom. The van der Waals surface area contributed by atoms with Gasteiger partial charge in [0.2, 0.25) is 0 Å². The summed E-state index contributed by atoms with van der Waals surface area (Å²) in [7, 11) is 0. The zero-order valence-electron chi connectivity index (χ0n) is 11.4. The Morgan fingerprint density at radius 1 is 1.10 bits per heavy atom. The molecule has 2 rings (SSSR count). The number of ether oxygens (including phenoxy) is 1. The van der Waals surface area contributed by atoms with Crippen molar-refractivity contribution in [1.29, 1.82) is 0 Å².